The highest BCUT2D eigenvalue weighted by molar-refractivity contribution is 6.32. The van der Waals surface area contributed by atoms with Crippen LogP contribution in [0.15, 0.2) is 6.20 Å². The molecule has 8 nitrogen and oxygen atoms in total. The number of hydrogen-bond donors (Lipinski definition) is 0. The molecule has 1 aliphatic heterocycles. The molecule has 0 saturated carbocycles. The molecule has 1 aromatic rings. The van der Waals surface area contributed by atoms with Crippen LogP contribution in [0, 0.1) is 10.1 Å². The van der Waals surface area contributed by atoms with Gasteiger partial charge in [0.1, 0.15) is 12.3 Å². The van der Waals surface area contributed by atoms with Gasteiger partial charge in [-0.2, -0.15) is 4.68 Å². The average Bonchev–Trinajstić information content (AvgIpc) is 2.71. The van der Waals surface area contributed by atoms with Crippen LogP contribution in [-0.2, 0) is 16.1 Å². The quantitative estimate of drug-likeness (QED) is 0.600. The Hall–Kier alpha value is -1.96. The molecule has 0 aromatic carbocycles. The first-order valence-corrected chi connectivity index (χ1v) is 6.02. The highest BCUT2D eigenvalue weighted by atomic mass is 35.5. The van der Waals surface area contributed by atoms with Gasteiger partial charge in [0.15, 0.2) is 5.02 Å². The van der Waals surface area contributed by atoms with E-state index in [4.69, 9.17) is 11.6 Å². The number of piperidine rings is 1. The van der Waals surface area contributed by atoms with Gasteiger partial charge in [-0.25, -0.2) is 0 Å². The van der Waals surface area contributed by atoms with Crippen LogP contribution in [-0.4, -0.2) is 44.4 Å². The fraction of sp³-hybridized carbons (Fsp3) is 0.500. The molecule has 0 atom stereocenters. The van der Waals surface area contributed by atoms with E-state index < -0.39 is 10.7 Å². The fourth-order valence-electron chi connectivity index (χ4n) is 1.84. The topological polar surface area (TPSA) is 98.3 Å². The fourth-order valence-corrected chi connectivity index (χ4v) is 2.06. The second-order valence-corrected chi connectivity index (χ2v) is 4.58. The van der Waals surface area contributed by atoms with Crippen molar-refractivity contribution in [1.82, 2.24) is 14.7 Å². The normalized spacial score (nSPS) is 15.6. The van der Waals surface area contributed by atoms with Crippen molar-refractivity contribution in [2.24, 2.45) is 0 Å². The summed E-state index contributed by atoms with van der Waals surface area (Å²) in [6.45, 7) is 0.644. The number of carbonyl (C=O) groups excluding carboxylic acids is 2. The van der Waals surface area contributed by atoms with Gasteiger partial charge in [-0.1, -0.05) is 11.6 Å². The zero-order chi connectivity index (χ0) is 14.0. The van der Waals surface area contributed by atoms with Crippen molar-refractivity contribution in [3.05, 3.63) is 21.3 Å². The molecule has 0 N–H and O–H groups in total. The molecule has 2 rings (SSSR count). The Morgan fingerprint density at radius 3 is 2.63 bits per heavy atom. The highest BCUT2D eigenvalue weighted by Crippen LogP contribution is 2.21. The third-order valence-corrected chi connectivity index (χ3v) is 3.11. The predicted octanol–water partition coefficient (Wildman–Crippen LogP) is 0.636. The predicted molar refractivity (Wildman–Crippen MR) is 64.7 cm³/mol. The van der Waals surface area contributed by atoms with Crippen molar-refractivity contribution in [3.63, 3.8) is 0 Å². The third kappa shape index (κ3) is 3.08. The van der Waals surface area contributed by atoms with E-state index in [1.807, 2.05) is 0 Å². The van der Waals surface area contributed by atoms with Gasteiger partial charge in [-0.05, 0) is 4.92 Å². The summed E-state index contributed by atoms with van der Waals surface area (Å²) in [5.74, 6) is -0.563. The first-order valence-electron chi connectivity index (χ1n) is 5.64. The minimum Gasteiger partial charge on any atom is -0.358 e. The van der Waals surface area contributed by atoms with E-state index in [-0.39, 0.29) is 23.3 Å². The highest BCUT2D eigenvalue weighted by Gasteiger charge is 2.24. The number of hydrogen-bond acceptors (Lipinski definition) is 5. The Morgan fingerprint density at radius 2 is 2.11 bits per heavy atom. The van der Waals surface area contributed by atoms with Gasteiger partial charge in [-0.15, -0.1) is 0 Å². The number of nitrogens with zero attached hydrogens (tertiary/aromatic N) is 4. The summed E-state index contributed by atoms with van der Waals surface area (Å²) in [6, 6.07) is 0. The zero-order valence-corrected chi connectivity index (χ0v) is 10.7. The van der Waals surface area contributed by atoms with Gasteiger partial charge >= 0.3 is 5.82 Å². The number of Topliss-reactive ketones (excluding diaryl/α,β-unsaturated/α-hetero) is 1. The van der Waals surface area contributed by atoms with Crippen LogP contribution in [0.5, 0.6) is 0 Å². The van der Waals surface area contributed by atoms with E-state index in [1.165, 1.54) is 6.20 Å². The van der Waals surface area contributed by atoms with Crippen molar-refractivity contribution >= 4 is 29.1 Å². The number of carbonyl (C=O) groups is 2. The largest absolute Gasteiger partial charge is 0.408 e. The Kier molecular flexibility index (Phi) is 3.79. The van der Waals surface area contributed by atoms with Crippen LogP contribution in [0.4, 0.5) is 5.82 Å². The number of aromatic nitrogens is 2. The van der Waals surface area contributed by atoms with E-state index in [2.05, 4.69) is 5.10 Å². The molecule has 1 saturated heterocycles. The smallest absolute Gasteiger partial charge is 0.358 e. The molecule has 102 valence electrons. The van der Waals surface area contributed by atoms with Gasteiger partial charge in [0.05, 0.1) is 11.3 Å². The van der Waals surface area contributed by atoms with Crippen molar-refractivity contribution in [2.45, 2.75) is 19.4 Å². The number of likely N-dealkylation sites (tertiary alicyclic amines) is 1. The van der Waals surface area contributed by atoms with E-state index in [1.54, 1.807) is 4.90 Å². The van der Waals surface area contributed by atoms with E-state index >= 15 is 0 Å². The number of amides is 1. The molecule has 0 spiro atoms. The van der Waals surface area contributed by atoms with Crippen molar-refractivity contribution in [2.75, 3.05) is 13.1 Å². The second kappa shape index (κ2) is 5.35. The second-order valence-electron chi connectivity index (χ2n) is 4.17. The summed E-state index contributed by atoms with van der Waals surface area (Å²) in [7, 11) is 0. The lowest BCUT2D eigenvalue weighted by atomic mass is 10.1. The summed E-state index contributed by atoms with van der Waals surface area (Å²) in [6.07, 6.45) is 1.95. The maximum Gasteiger partial charge on any atom is 0.408 e. The van der Waals surface area contributed by atoms with Crippen molar-refractivity contribution in [1.29, 1.82) is 0 Å². The maximum atomic E-state index is 11.9. The summed E-state index contributed by atoms with van der Waals surface area (Å²) in [4.78, 5) is 34.4. The number of halogens is 1. The van der Waals surface area contributed by atoms with E-state index in [0.717, 1.165) is 4.68 Å². The van der Waals surface area contributed by atoms with Crippen LogP contribution in [0.1, 0.15) is 12.8 Å². The molecule has 0 unspecified atom stereocenters. The van der Waals surface area contributed by atoms with Gasteiger partial charge in [0.2, 0.25) is 5.91 Å². The maximum absolute atomic E-state index is 11.9. The Labute approximate surface area is 113 Å². The first-order chi connectivity index (χ1) is 8.97. The molecule has 1 amide bonds. The lowest BCUT2D eigenvalue weighted by Gasteiger charge is -2.25. The standard InChI is InChI=1S/C10H11ClN4O4/c11-8-5-14(12-10(8)15(18)19)6-9(17)13-3-1-7(16)2-4-13/h5H,1-4,6H2. The van der Waals surface area contributed by atoms with E-state index in [9.17, 15) is 19.7 Å². The molecule has 1 aliphatic rings. The van der Waals surface area contributed by atoms with Gasteiger partial charge in [-0.3, -0.25) is 9.59 Å². The molecular weight excluding hydrogens is 276 g/mol. The lowest BCUT2D eigenvalue weighted by molar-refractivity contribution is -0.389. The summed E-state index contributed by atoms with van der Waals surface area (Å²) in [5.41, 5.74) is 0. The summed E-state index contributed by atoms with van der Waals surface area (Å²) in [5, 5.41) is 14.1. The molecular formula is C10H11ClN4O4. The molecule has 1 aromatic heterocycles. The summed E-state index contributed by atoms with van der Waals surface area (Å²) < 4.78 is 1.14. The van der Waals surface area contributed by atoms with E-state index in [0.29, 0.717) is 25.9 Å². The Morgan fingerprint density at radius 1 is 1.47 bits per heavy atom. The van der Waals surface area contributed by atoms with Crippen LogP contribution in [0.2, 0.25) is 5.02 Å². The first kappa shape index (κ1) is 13.5. The monoisotopic (exact) mass is 286 g/mol. The molecule has 9 heteroatoms. The van der Waals surface area contributed by atoms with Crippen LogP contribution < -0.4 is 0 Å². The van der Waals surface area contributed by atoms with Gasteiger partial charge < -0.3 is 15.0 Å². The Balaban J connectivity index is 2.01. The molecule has 0 bridgehead atoms. The minimum atomic E-state index is -0.705. The molecule has 1 fully saturated rings. The van der Waals surface area contributed by atoms with Crippen LogP contribution >= 0.6 is 11.6 Å². The van der Waals surface area contributed by atoms with Gasteiger partial charge in [0, 0.05) is 25.9 Å². The molecule has 2 heterocycles. The van der Waals surface area contributed by atoms with Gasteiger partial charge in [0.25, 0.3) is 0 Å². The SMILES string of the molecule is O=C1CCN(C(=O)Cn2cc(Cl)c([N+](=O)[O-])n2)CC1. The summed E-state index contributed by atoms with van der Waals surface area (Å²) >= 11 is 5.63. The molecule has 0 aliphatic carbocycles. The number of nitro groups is 1. The average molecular weight is 287 g/mol. The number of ketones is 1. The minimum absolute atomic E-state index is 0.105. The van der Waals surface area contributed by atoms with Crippen molar-refractivity contribution < 1.29 is 14.5 Å². The zero-order valence-electron chi connectivity index (χ0n) is 9.91. The third-order valence-electron chi connectivity index (χ3n) is 2.84. The van der Waals surface area contributed by atoms with Crippen molar-refractivity contribution in [3.8, 4) is 0 Å². The molecule has 0 radical (unpaired) electrons. The van der Waals surface area contributed by atoms with Crippen LogP contribution in [0.25, 0.3) is 0 Å². The number of rotatable bonds is 3. The van der Waals surface area contributed by atoms with Crippen LogP contribution in [0.3, 0.4) is 0 Å². The molecule has 19 heavy (non-hydrogen) atoms. The lowest BCUT2D eigenvalue weighted by Crippen LogP contribution is -2.40. The Bertz CT molecular complexity index is 532.